The summed E-state index contributed by atoms with van der Waals surface area (Å²) in [6.07, 6.45) is 8.71. The van der Waals surface area contributed by atoms with E-state index in [1.54, 1.807) is 6.20 Å². The van der Waals surface area contributed by atoms with Crippen molar-refractivity contribution in [1.82, 2.24) is 4.98 Å². The molecule has 0 amide bonds. The molecule has 1 aromatic heterocycles. The fraction of sp³-hybridized carbons (Fsp3) is 0.500. The lowest BCUT2D eigenvalue weighted by Crippen LogP contribution is -2.07. The summed E-state index contributed by atoms with van der Waals surface area (Å²) < 4.78 is 11.1. The lowest BCUT2D eigenvalue weighted by atomic mass is 10.0. The van der Waals surface area contributed by atoms with Crippen molar-refractivity contribution in [1.29, 1.82) is 0 Å². The molecule has 4 nitrogen and oxygen atoms in total. The van der Waals surface area contributed by atoms with Crippen molar-refractivity contribution >= 4 is 5.97 Å². The Hall–Kier alpha value is -2.36. The maximum atomic E-state index is 12.0. The quantitative estimate of drug-likeness (QED) is 0.240. The van der Waals surface area contributed by atoms with Gasteiger partial charge in [0.1, 0.15) is 11.5 Å². The number of nitrogens with zero attached hydrogens (tertiary/aromatic N) is 1. The van der Waals surface area contributed by atoms with E-state index in [0.29, 0.717) is 12.2 Å². The van der Waals surface area contributed by atoms with Gasteiger partial charge in [0.25, 0.3) is 0 Å². The minimum Gasteiger partial charge on any atom is -0.492 e. The number of carbonyl (C=O) groups is 1. The van der Waals surface area contributed by atoms with Crippen LogP contribution in [0.4, 0.5) is 0 Å². The van der Waals surface area contributed by atoms with Gasteiger partial charge in [0.05, 0.1) is 18.5 Å². The first-order chi connectivity index (χ1) is 13.6. The van der Waals surface area contributed by atoms with Gasteiger partial charge >= 0.3 is 5.97 Å². The van der Waals surface area contributed by atoms with Crippen molar-refractivity contribution < 1.29 is 14.3 Å². The van der Waals surface area contributed by atoms with E-state index in [-0.39, 0.29) is 5.97 Å². The number of hydrogen-bond donors (Lipinski definition) is 0. The second-order valence-electron chi connectivity index (χ2n) is 7.34. The number of carbonyl (C=O) groups excluding carboxylic acids is 1. The van der Waals surface area contributed by atoms with Crippen molar-refractivity contribution in [3.05, 3.63) is 42.6 Å². The monoisotopic (exact) mass is 383 g/mol. The smallest absolute Gasteiger partial charge is 0.311 e. The number of aromatic nitrogens is 1. The van der Waals surface area contributed by atoms with E-state index in [1.807, 2.05) is 36.4 Å². The highest BCUT2D eigenvalue weighted by atomic mass is 16.5. The summed E-state index contributed by atoms with van der Waals surface area (Å²) in [6.45, 7) is 7.31. The lowest BCUT2D eigenvalue weighted by molar-refractivity contribution is -0.134. The Morgan fingerprint density at radius 3 is 2.39 bits per heavy atom. The van der Waals surface area contributed by atoms with Crippen molar-refractivity contribution in [2.24, 2.45) is 5.92 Å². The van der Waals surface area contributed by atoms with Crippen LogP contribution in [0.3, 0.4) is 0 Å². The van der Waals surface area contributed by atoms with Gasteiger partial charge in [-0.15, -0.1) is 0 Å². The van der Waals surface area contributed by atoms with E-state index in [4.69, 9.17) is 9.47 Å². The van der Waals surface area contributed by atoms with Gasteiger partial charge in [-0.2, -0.15) is 0 Å². The van der Waals surface area contributed by atoms with Gasteiger partial charge in [-0.1, -0.05) is 46.5 Å². The summed E-state index contributed by atoms with van der Waals surface area (Å²) in [5.74, 6) is 1.93. The van der Waals surface area contributed by atoms with E-state index >= 15 is 0 Å². The molecule has 0 radical (unpaired) electrons. The minimum atomic E-state index is -0.163. The molecule has 0 saturated carbocycles. The molecule has 152 valence electrons. The molecule has 0 aliphatic rings. The van der Waals surface area contributed by atoms with Crippen molar-refractivity contribution in [2.45, 2.75) is 65.7 Å². The molecule has 0 fully saturated rings. The van der Waals surface area contributed by atoms with Crippen LogP contribution in [0, 0.1) is 5.92 Å². The van der Waals surface area contributed by atoms with Crippen LogP contribution < -0.4 is 9.47 Å². The molecular weight excluding hydrogens is 350 g/mol. The zero-order chi connectivity index (χ0) is 20.2. The highest BCUT2D eigenvalue weighted by Crippen LogP contribution is 2.23. The summed E-state index contributed by atoms with van der Waals surface area (Å²) in [5, 5.41) is 0. The van der Waals surface area contributed by atoms with Crippen LogP contribution in [0.15, 0.2) is 42.6 Å². The molecule has 1 aromatic carbocycles. The first kappa shape index (κ1) is 21.9. The summed E-state index contributed by atoms with van der Waals surface area (Å²) in [5.41, 5.74) is 1.85. The zero-order valence-corrected chi connectivity index (χ0v) is 17.4. The number of ether oxygens (including phenoxy) is 2. The molecule has 28 heavy (non-hydrogen) atoms. The Labute approximate surface area is 169 Å². The molecule has 0 aliphatic carbocycles. The Balaban J connectivity index is 1.80. The van der Waals surface area contributed by atoms with Gasteiger partial charge in [-0.05, 0) is 55.2 Å². The molecule has 0 N–H and O–H groups in total. The number of hydrogen-bond acceptors (Lipinski definition) is 4. The predicted molar refractivity (Wildman–Crippen MR) is 114 cm³/mol. The third-order valence-electron chi connectivity index (χ3n) is 4.91. The van der Waals surface area contributed by atoms with E-state index in [1.165, 1.54) is 12.8 Å². The molecule has 2 rings (SSSR count). The SMILES string of the molecule is CCCCOc1ccc(-c2ccc(OC(=O)CCCCC(C)CC)cc2)nc1. The first-order valence-corrected chi connectivity index (χ1v) is 10.5. The highest BCUT2D eigenvalue weighted by molar-refractivity contribution is 5.72. The average molecular weight is 384 g/mol. The van der Waals surface area contributed by atoms with Crippen LogP contribution in [0.5, 0.6) is 11.5 Å². The van der Waals surface area contributed by atoms with Crippen LogP contribution in [-0.4, -0.2) is 17.6 Å². The molecule has 1 heterocycles. The number of esters is 1. The van der Waals surface area contributed by atoms with Crippen molar-refractivity contribution in [3.8, 4) is 22.8 Å². The Morgan fingerprint density at radius 1 is 1.00 bits per heavy atom. The van der Waals surface area contributed by atoms with Crippen LogP contribution >= 0.6 is 0 Å². The molecule has 1 atom stereocenters. The number of unbranched alkanes of at least 4 members (excludes halogenated alkanes) is 2. The van der Waals surface area contributed by atoms with Gasteiger partial charge in [-0.3, -0.25) is 9.78 Å². The lowest BCUT2D eigenvalue weighted by Gasteiger charge is -2.08. The maximum absolute atomic E-state index is 12.0. The predicted octanol–water partition coefficient (Wildman–Crippen LogP) is 6.44. The van der Waals surface area contributed by atoms with Crippen molar-refractivity contribution in [3.63, 3.8) is 0 Å². The van der Waals surface area contributed by atoms with Crippen LogP contribution in [0.1, 0.15) is 65.7 Å². The van der Waals surface area contributed by atoms with Gasteiger partial charge in [0.2, 0.25) is 0 Å². The second-order valence-corrected chi connectivity index (χ2v) is 7.34. The summed E-state index contributed by atoms with van der Waals surface area (Å²) in [7, 11) is 0. The van der Waals surface area contributed by atoms with Crippen LogP contribution in [0.2, 0.25) is 0 Å². The highest BCUT2D eigenvalue weighted by Gasteiger charge is 2.07. The topological polar surface area (TPSA) is 48.4 Å². The Bertz CT molecular complexity index is 695. The molecule has 0 bridgehead atoms. The molecule has 0 aliphatic heterocycles. The van der Waals surface area contributed by atoms with Gasteiger partial charge < -0.3 is 9.47 Å². The maximum Gasteiger partial charge on any atom is 0.311 e. The molecule has 2 aromatic rings. The number of rotatable bonds is 12. The van der Waals surface area contributed by atoms with E-state index in [0.717, 1.165) is 55.2 Å². The molecule has 4 heteroatoms. The van der Waals surface area contributed by atoms with Crippen LogP contribution in [-0.2, 0) is 4.79 Å². The largest absolute Gasteiger partial charge is 0.492 e. The first-order valence-electron chi connectivity index (χ1n) is 10.5. The standard InChI is InChI=1S/C24H33NO3/c1-4-6-17-27-22-15-16-23(25-18-22)20-11-13-21(14-12-20)28-24(26)10-8-7-9-19(3)5-2/h11-16,18-19H,4-10,17H2,1-3H3. The van der Waals surface area contributed by atoms with Crippen LogP contribution in [0.25, 0.3) is 11.3 Å². The van der Waals surface area contributed by atoms with Crippen molar-refractivity contribution in [2.75, 3.05) is 6.61 Å². The van der Waals surface area contributed by atoms with Gasteiger partial charge in [0.15, 0.2) is 0 Å². The van der Waals surface area contributed by atoms with Gasteiger partial charge in [-0.25, -0.2) is 0 Å². The second kappa shape index (κ2) is 12.2. The third kappa shape index (κ3) is 7.71. The summed E-state index contributed by atoms with van der Waals surface area (Å²) in [4.78, 5) is 16.4. The molecule has 0 spiro atoms. The van der Waals surface area contributed by atoms with E-state index in [9.17, 15) is 4.79 Å². The normalized spacial score (nSPS) is 11.8. The fourth-order valence-electron chi connectivity index (χ4n) is 2.81. The van der Waals surface area contributed by atoms with E-state index < -0.39 is 0 Å². The molecular formula is C24H33NO3. The number of pyridine rings is 1. The summed E-state index contributed by atoms with van der Waals surface area (Å²) in [6, 6.07) is 11.4. The van der Waals surface area contributed by atoms with E-state index in [2.05, 4.69) is 25.8 Å². The fourth-order valence-corrected chi connectivity index (χ4v) is 2.81. The molecule has 0 saturated heterocycles. The Kier molecular flexibility index (Phi) is 9.53. The Morgan fingerprint density at radius 2 is 1.75 bits per heavy atom. The zero-order valence-electron chi connectivity index (χ0n) is 17.4. The van der Waals surface area contributed by atoms with Gasteiger partial charge in [0, 0.05) is 12.0 Å². The average Bonchev–Trinajstić information content (AvgIpc) is 2.72. The minimum absolute atomic E-state index is 0.163. The number of benzene rings is 1. The summed E-state index contributed by atoms with van der Waals surface area (Å²) >= 11 is 0. The molecule has 1 unspecified atom stereocenters. The third-order valence-corrected chi connectivity index (χ3v) is 4.91.